The van der Waals surface area contributed by atoms with Gasteiger partial charge >= 0.3 is 0 Å². The Morgan fingerprint density at radius 2 is 2.16 bits per heavy atom. The van der Waals surface area contributed by atoms with E-state index in [1.807, 2.05) is 0 Å². The van der Waals surface area contributed by atoms with Crippen molar-refractivity contribution >= 4 is 17.4 Å². The van der Waals surface area contributed by atoms with Gasteiger partial charge in [-0.2, -0.15) is 0 Å². The number of nitrogens with zero attached hydrogens (tertiary/aromatic N) is 3. The minimum absolute atomic E-state index is 0.0166. The second-order valence-corrected chi connectivity index (χ2v) is 4.92. The Kier molecular flexibility index (Phi) is 4.70. The number of pyridine rings is 1. The third kappa shape index (κ3) is 4.50. The normalized spacial score (nSPS) is 17.3. The first-order valence-corrected chi connectivity index (χ1v) is 6.56. The lowest BCUT2D eigenvalue weighted by Gasteiger charge is -2.32. The molecule has 104 valence electrons. The van der Waals surface area contributed by atoms with Gasteiger partial charge in [0.15, 0.2) is 0 Å². The van der Waals surface area contributed by atoms with Crippen LogP contribution in [-0.2, 0) is 4.79 Å². The monoisotopic (exact) mass is 263 g/mol. The van der Waals surface area contributed by atoms with Gasteiger partial charge < -0.3 is 20.9 Å². The number of carbonyl (C=O) groups excluding carboxylic acids is 1. The molecule has 0 spiro atoms. The van der Waals surface area contributed by atoms with Gasteiger partial charge in [0.2, 0.25) is 5.91 Å². The van der Waals surface area contributed by atoms with Crippen molar-refractivity contribution in [1.29, 1.82) is 0 Å². The van der Waals surface area contributed by atoms with Gasteiger partial charge in [-0.25, -0.2) is 4.98 Å². The minimum atomic E-state index is -0.0166. The van der Waals surface area contributed by atoms with Gasteiger partial charge in [0.05, 0.1) is 0 Å². The lowest BCUT2D eigenvalue weighted by atomic mass is 10.3. The van der Waals surface area contributed by atoms with Crippen molar-refractivity contribution in [2.45, 2.75) is 6.42 Å². The summed E-state index contributed by atoms with van der Waals surface area (Å²) in [5.41, 5.74) is 6.24. The van der Waals surface area contributed by atoms with Crippen molar-refractivity contribution in [2.24, 2.45) is 0 Å². The molecule has 3 N–H and O–H groups in total. The number of anilines is 2. The van der Waals surface area contributed by atoms with Gasteiger partial charge in [-0.1, -0.05) is 0 Å². The standard InChI is InChI=1S/C13H21N5O/c1-17-6-8-18(9-7-17)5-3-13(19)16-12-10-11(14)2-4-15-12/h2,4,10H,3,5-9H2,1H3,(H3,14,15,16,19). The van der Waals surface area contributed by atoms with Crippen LogP contribution in [0.2, 0.25) is 0 Å². The van der Waals surface area contributed by atoms with E-state index in [2.05, 4.69) is 27.1 Å². The first-order valence-electron chi connectivity index (χ1n) is 6.56. The predicted octanol–water partition coefficient (Wildman–Crippen LogP) is 0.240. The maximum absolute atomic E-state index is 11.8. The van der Waals surface area contributed by atoms with Gasteiger partial charge in [0.25, 0.3) is 0 Å². The van der Waals surface area contributed by atoms with Gasteiger partial charge in [-0.05, 0) is 13.1 Å². The van der Waals surface area contributed by atoms with E-state index < -0.39 is 0 Å². The van der Waals surface area contributed by atoms with Gasteiger partial charge in [0, 0.05) is 57.1 Å². The average Bonchev–Trinajstić information content (AvgIpc) is 2.38. The Labute approximate surface area is 113 Å². The van der Waals surface area contributed by atoms with E-state index in [4.69, 9.17) is 5.73 Å². The van der Waals surface area contributed by atoms with Crippen LogP contribution in [0.1, 0.15) is 6.42 Å². The van der Waals surface area contributed by atoms with E-state index >= 15 is 0 Å². The highest BCUT2D eigenvalue weighted by Crippen LogP contribution is 2.08. The molecule has 0 radical (unpaired) electrons. The molecule has 19 heavy (non-hydrogen) atoms. The summed E-state index contributed by atoms with van der Waals surface area (Å²) in [7, 11) is 2.12. The molecule has 2 rings (SSSR count). The van der Waals surface area contributed by atoms with Crippen molar-refractivity contribution in [1.82, 2.24) is 14.8 Å². The molecule has 1 aliphatic heterocycles. The fraction of sp³-hybridized carbons (Fsp3) is 0.538. The third-order valence-corrected chi connectivity index (χ3v) is 3.30. The van der Waals surface area contributed by atoms with Crippen molar-refractivity contribution in [3.63, 3.8) is 0 Å². The highest BCUT2D eigenvalue weighted by molar-refractivity contribution is 5.90. The molecule has 1 fully saturated rings. The van der Waals surface area contributed by atoms with Crippen LogP contribution in [0.15, 0.2) is 18.3 Å². The summed E-state index contributed by atoms with van der Waals surface area (Å²) in [5, 5.41) is 2.76. The number of nitrogen functional groups attached to an aromatic ring is 1. The number of rotatable bonds is 4. The van der Waals surface area contributed by atoms with Crippen LogP contribution in [0.3, 0.4) is 0 Å². The zero-order valence-electron chi connectivity index (χ0n) is 11.3. The van der Waals surface area contributed by atoms with Crippen molar-refractivity contribution in [3.05, 3.63) is 18.3 Å². The second kappa shape index (κ2) is 6.49. The summed E-state index contributed by atoms with van der Waals surface area (Å²) in [5.74, 6) is 0.500. The van der Waals surface area contributed by atoms with Crippen LogP contribution in [0.5, 0.6) is 0 Å². The van der Waals surface area contributed by atoms with E-state index in [1.54, 1.807) is 18.3 Å². The van der Waals surface area contributed by atoms with Gasteiger partial charge in [0.1, 0.15) is 5.82 Å². The van der Waals surface area contributed by atoms with Gasteiger partial charge in [-0.3, -0.25) is 4.79 Å². The van der Waals surface area contributed by atoms with Crippen LogP contribution < -0.4 is 11.1 Å². The third-order valence-electron chi connectivity index (χ3n) is 3.30. The zero-order valence-corrected chi connectivity index (χ0v) is 11.3. The lowest BCUT2D eigenvalue weighted by molar-refractivity contribution is -0.116. The van der Waals surface area contributed by atoms with Crippen LogP contribution >= 0.6 is 0 Å². The molecule has 1 aliphatic rings. The first-order chi connectivity index (χ1) is 9.13. The Morgan fingerprint density at radius 3 is 2.84 bits per heavy atom. The van der Waals surface area contributed by atoms with Crippen LogP contribution in [0.4, 0.5) is 11.5 Å². The molecule has 0 unspecified atom stereocenters. The number of hydrogen-bond donors (Lipinski definition) is 2. The molecule has 0 bridgehead atoms. The first kappa shape index (κ1) is 13.8. The Balaban J connectivity index is 1.73. The molecule has 0 aromatic carbocycles. The number of piperazine rings is 1. The van der Waals surface area contributed by atoms with E-state index in [0.717, 1.165) is 32.7 Å². The fourth-order valence-corrected chi connectivity index (χ4v) is 2.05. The van der Waals surface area contributed by atoms with E-state index in [-0.39, 0.29) is 5.91 Å². The molecule has 6 heteroatoms. The van der Waals surface area contributed by atoms with Crippen molar-refractivity contribution in [3.8, 4) is 0 Å². The highest BCUT2D eigenvalue weighted by atomic mass is 16.1. The smallest absolute Gasteiger partial charge is 0.226 e. The second-order valence-electron chi connectivity index (χ2n) is 4.92. The zero-order chi connectivity index (χ0) is 13.7. The Hall–Kier alpha value is -1.66. The topological polar surface area (TPSA) is 74.5 Å². The van der Waals surface area contributed by atoms with E-state index in [9.17, 15) is 4.79 Å². The Bertz CT molecular complexity index is 429. The summed E-state index contributed by atoms with van der Waals surface area (Å²) in [6.07, 6.45) is 2.08. The molecule has 0 aliphatic carbocycles. The summed E-state index contributed by atoms with van der Waals surface area (Å²) in [4.78, 5) is 20.5. The van der Waals surface area contributed by atoms with Crippen LogP contribution in [-0.4, -0.2) is 60.5 Å². The summed E-state index contributed by atoms with van der Waals surface area (Å²) in [6, 6.07) is 3.35. The molecule has 6 nitrogen and oxygen atoms in total. The minimum Gasteiger partial charge on any atom is -0.399 e. The molecular weight excluding hydrogens is 242 g/mol. The number of likely N-dealkylation sites (N-methyl/N-ethyl adjacent to an activating group) is 1. The number of hydrogen-bond acceptors (Lipinski definition) is 5. The van der Waals surface area contributed by atoms with Crippen molar-refractivity contribution in [2.75, 3.05) is 50.8 Å². The molecule has 2 heterocycles. The molecule has 1 aromatic rings. The molecule has 0 atom stereocenters. The molecular formula is C13H21N5O. The fourth-order valence-electron chi connectivity index (χ4n) is 2.05. The highest BCUT2D eigenvalue weighted by Gasteiger charge is 2.14. The van der Waals surface area contributed by atoms with Gasteiger partial charge in [-0.15, -0.1) is 0 Å². The van der Waals surface area contributed by atoms with E-state index in [1.165, 1.54) is 0 Å². The van der Waals surface area contributed by atoms with Crippen LogP contribution in [0, 0.1) is 0 Å². The lowest BCUT2D eigenvalue weighted by Crippen LogP contribution is -2.45. The molecule has 1 aromatic heterocycles. The van der Waals surface area contributed by atoms with Crippen LogP contribution in [0.25, 0.3) is 0 Å². The quantitative estimate of drug-likeness (QED) is 0.814. The number of amides is 1. The molecule has 1 saturated heterocycles. The summed E-state index contributed by atoms with van der Waals surface area (Å²) >= 11 is 0. The molecule has 1 amide bonds. The largest absolute Gasteiger partial charge is 0.399 e. The SMILES string of the molecule is CN1CCN(CCC(=O)Nc2cc(N)ccn2)CC1. The average molecular weight is 263 g/mol. The number of nitrogens with two attached hydrogens (primary N) is 1. The Morgan fingerprint density at radius 1 is 1.42 bits per heavy atom. The maximum atomic E-state index is 11.8. The maximum Gasteiger partial charge on any atom is 0.226 e. The predicted molar refractivity (Wildman–Crippen MR) is 75.8 cm³/mol. The number of carbonyl (C=O) groups is 1. The van der Waals surface area contributed by atoms with E-state index in [0.29, 0.717) is 17.9 Å². The summed E-state index contributed by atoms with van der Waals surface area (Å²) in [6.45, 7) is 4.99. The number of nitrogens with one attached hydrogen (secondary N) is 1. The number of aromatic nitrogens is 1. The summed E-state index contributed by atoms with van der Waals surface area (Å²) < 4.78 is 0. The van der Waals surface area contributed by atoms with Crippen molar-refractivity contribution < 1.29 is 4.79 Å². The molecule has 0 saturated carbocycles.